The minimum Gasteiger partial charge on any atom is -0.447 e. The van der Waals surface area contributed by atoms with Crippen molar-refractivity contribution in [1.29, 1.82) is 0 Å². The van der Waals surface area contributed by atoms with Crippen LogP contribution in [0.4, 0.5) is 4.79 Å². The molecule has 1 aromatic carbocycles. The molecule has 1 saturated heterocycles. The van der Waals surface area contributed by atoms with Crippen molar-refractivity contribution in [2.75, 3.05) is 13.2 Å². The largest absolute Gasteiger partial charge is 0.447 e. The average Bonchev–Trinajstić information content (AvgIpc) is 2.90. The van der Waals surface area contributed by atoms with E-state index in [9.17, 15) is 14.4 Å². The van der Waals surface area contributed by atoms with E-state index in [0.717, 1.165) is 9.37 Å². The van der Waals surface area contributed by atoms with Crippen LogP contribution in [0.5, 0.6) is 0 Å². The van der Waals surface area contributed by atoms with Crippen molar-refractivity contribution in [3.63, 3.8) is 0 Å². The molecule has 1 aliphatic rings. The fourth-order valence-electron chi connectivity index (χ4n) is 2.32. The van der Waals surface area contributed by atoms with Gasteiger partial charge < -0.3 is 4.74 Å². The van der Waals surface area contributed by atoms with E-state index in [4.69, 9.17) is 4.74 Å². The number of imide groups is 1. The van der Waals surface area contributed by atoms with Crippen LogP contribution in [-0.4, -0.2) is 45.8 Å². The third-order valence-electron chi connectivity index (χ3n) is 3.32. The van der Waals surface area contributed by atoms with E-state index in [0.29, 0.717) is 5.56 Å². The number of rotatable bonds is 5. The number of cyclic esters (lactones) is 1. The highest BCUT2D eigenvalue weighted by Gasteiger charge is 2.37. The molecule has 7 heteroatoms. The number of hydrogen-bond acceptors (Lipinski definition) is 5. The Hall–Kier alpha value is -1.34. The number of carbonyl (C=O) groups excluding carboxylic acids is 3. The SMILES string of the molecule is CC(C)(C)S[C@@H](CC(=O)c1cccc(Br)c1)C(=O)N1CCOC1=O. The molecule has 1 heterocycles. The van der Waals surface area contributed by atoms with Gasteiger partial charge in [0.25, 0.3) is 0 Å². The molecule has 0 aliphatic carbocycles. The molecule has 1 atom stereocenters. The second-order valence-corrected chi connectivity index (χ2v) is 9.41. The van der Waals surface area contributed by atoms with Crippen LogP contribution in [0.25, 0.3) is 0 Å². The number of benzene rings is 1. The number of nitrogens with zero attached hydrogens (tertiary/aromatic N) is 1. The number of halogens is 1. The Labute approximate surface area is 154 Å². The van der Waals surface area contributed by atoms with Gasteiger partial charge in [-0.3, -0.25) is 9.59 Å². The predicted molar refractivity (Wildman–Crippen MR) is 97.3 cm³/mol. The van der Waals surface area contributed by atoms with Gasteiger partial charge in [-0.25, -0.2) is 9.69 Å². The predicted octanol–water partition coefficient (Wildman–Crippen LogP) is 3.90. The molecule has 0 unspecified atom stereocenters. The van der Waals surface area contributed by atoms with E-state index in [2.05, 4.69) is 15.9 Å². The van der Waals surface area contributed by atoms with Crippen LogP contribution < -0.4 is 0 Å². The van der Waals surface area contributed by atoms with Gasteiger partial charge in [-0.1, -0.05) is 48.8 Å². The van der Waals surface area contributed by atoms with Gasteiger partial charge in [0.15, 0.2) is 5.78 Å². The molecule has 130 valence electrons. The van der Waals surface area contributed by atoms with Gasteiger partial charge in [-0.05, 0) is 12.1 Å². The number of amides is 2. The molecular formula is C17H20BrNO4S. The monoisotopic (exact) mass is 413 g/mol. The van der Waals surface area contributed by atoms with Gasteiger partial charge in [0.1, 0.15) is 6.61 Å². The molecule has 2 amide bonds. The summed E-state index contributed by atoms with van der Waals surface area (Å²) in [4.78, 5) is 38.0. The molecule has 1 aromatic rings. The zero-order chi connectivity index (χ0) is 17.9. The molecule has 1 aliphatic heterocycles. The summed E-state index contributed by atoms with van der Waals surface area (Å²) in [7, 11) is 0. The first-order chi connectivity index (χ1) is 11.2. The second-order valence-electron chi connectivity index (χ2n) is 6.46. The Kier molecular flexibility index (Phi) is 6.09. The third-order valence-corrected chi connectivity index (χ3v) is 5.17. The number of ketones is 1. The minimum absolute atomic E-state index is 0.0427. The lowest BCUT2D eigenvalue weighted by Crippen LogP contribution is -2.40. The number of Topliss-reactive ketones (excluding diaryl/α,β-unsaturated/α-hetero) is 1. The van der Waals surface area contributed by atoms with Crippen molar-refractivity contribution in [1.82, 2.24) is 4.90 Å². The van der Waals surface area contributed by atoms with Gasteiger partial charge in [0.05, 0.1) is 11.8 Å². The van der Waals surface area contributed by atoms with Crippen LogP contribution >= 0.6 is 27.7 Å². The number of thioether (sulfide) groups is 1. The van der Waals surface area contributed by atoms with Crippen molar-refractivity contribution in [3.05, 3.63) is 34.3 Å². The van der Waals surface area contributed by atoms with E-state index in [1.165, 1.54) is 11.8 Å². The van der Waals surface area contributed by atoms with Crippen LogP contribution in [0.2, 0.25) is 0 Å². The number of carbonyl (C=O) groups is 3. The maximum absolute atomic E-state index is 12.7. The summed E-state index contributed by atoms with van der Waals surface area (Å²) in [5.41, 5.74) is 0.542. The van der Waals surface area contributed by atoms with Gasteiger partial charge in [0, 0.05) is 21.2 Å². The smallest absolute Gasteiger partial charge is 0.416 e. The Morgan fingerprint density at radius 2 is 2.08 bits per heavy atom. The lowest BCUT2D eigenvalue weighted by molar-refractivity contribution is -0.127. The Morgan fingerprint density at radius 3 is 2.62 bits per heavy atom. The maximum atomic E-state index is 12.7. The van der Waals surface area contributed by atoms with E-state index < -0.39 is 11.3 Å². The van der Waals surface area contributed by atoms with Crippen LogP contribution in [-0.2, 0) is 9.53 Å². The van der Waals surface area contributed by atoms with Gasteiger partial charge >= 0.3 is 6.09 Å². The summed E-state index contributed by atoms with van der Waals surface area (Å²) in [5.74, 6) is -0.486. The van der Waals surface area contributed by atoms with E-state index >= 15 is 0 Å². The van der Waals surface area contributed by atoms with E-state index in [1.807, 2.05) is 26.8 Å². The van der Waals surface area contributed by atoms with Crippen LogP contribution in [0.3, 0.4) is 0 Å². The van der Waals surface area contributed by atoms with Crippen molar-refractivity contribution >= 4 is 45.5 Å². The molecule has 0 saturated carbocycles. The van der Waals surface area contributed by atoms with Crippen molar-refractivity contribution in [3.8, 4) is 0 Å². The number of ether oxygens (including phenoxy) is 1. The van der Waals surface area contributed by atoms with Crippen molar-refractivity contribution in [2.24, 2.45) is 0 Å². The molecule has 24 heavy (non-hydrogen) atoms. The quantitative estimate of drug-likeness (QED) is 0.684. The van der Waals surface area contributed by atoms with Crippen LogP contribution in [0.15, 0.2) is 28.7 Å². The first-order valence-corrected chi connectivity index (χ1v) is 9.29. The van der Waals surface area contributed by atoms with E-state index in [1.54, 1.807) is 18.2 Å². The molecule has 5 nitrogen and oxygen atoms in total. The second kappa shape index (κ2) is 7.70. The lowest BCUT2D eigenvalue weighted by Gasteiger charge is -2.26. The van der Waals surface area contributed by atoms with Gasteiger partial charge in [0.2, 0.25) is 5.91 Å². The van der Waals surface area contributed by atoms with E-state index in [-0.39, 0.29) is 36.0 Å². The highest BCUT2D eigenvalue weighted by atomic mass is 79.9. The molecule has 2 rings (SSSR count). The highest BCUT2D eigenvalue weighted by Crippen LogP contribution is 2.32. The summed E-state index contributed by atoms with van der Waals surface area (Å²) in [5, 5.41) is -0.623. The molecule has 0 spiro atoms. The maximum Gasteiger partial charge on any atom is 0.416 e. The molecule has 0 N–H and O–H groups in total. The molecule has 1 fully saturated rings. The molecule has 0 radical (unpaired) electrons. The first-order valence-electron chi connectivity index (χ1n) is 7.62. The lowest BCUT2D eigenvalue weighted by atomic mass is 10.1. The molecule has 0 aromatic heterocycles. The van der Waals surface area contributed by atoms with Gasteiger partial charge in [-0.2, -0.15) is 0 Å². The number of hydrogen-bond donors (Lipinski definition) is 0. The fourth-order valence-corrected chi connectivity index (χ4v) is 4.04. The zero-order valence-corrected chi connectivity index (χ0v) is 16.3. The summed E-state index contributed by atoms with van der Waals surface area (Å²) in [6.45, 7) is 6.37. The average molecular weight is 414 g/mol. The van der Waals surface area contributed by atoms with Gasteiger partial charge in [-0.15, -0.1) is 11.8 Å². The fraction of sp³-hybridized carbons (Fsp3) is 0.471. The standard InChI is InChI=1S/C17H20BrNO4S/c1-17(2,3)24-14(15(21)19-7-8-23-16(19)22)10-13(20)11-5-4-6-12(18)9-11/h4-6,9,14H,7-8,10H2,1-3H3/t14-/m0/s1. The normalized spacial score (nSPS) is 16.0. The molecule has 0 bridgehead atoms. The van der Waals surface area contributed by atoms with Crippen LogP contribution in [0.1, 0.15) is 37.6 Å². The first kappa shape index (κ1) is 19.0. The summed E-state index contributed by atoms with van der Waals surface area (Å²) >= 11 is 4.74. The summed E-state index contributed by atoms with van der Waals surface area (Å²) in [6, 6.07) is 7.07. The summed E-state index contributed by atoms with van der Waals surface area (Å²) < 4.78 is 5.43. The van der Waals surface area contributed by atoms with Crippen LogP contribution in [0, 0.1) is 0 Å². The third kappa shape index (κ3) is 5.08. The Balaban J connectivity index is 2.18. The molecular weight excluding hydrogens is 394 g/mol. The zero-order valence-electron chi connectivity index (χ0n) is 13.9. The Bertz CT molecular complexity index is 656. The topological polar surface area (TPSA) is 63.7 Å². The van der Waals surface area contributed by atoms with Crippen molar-refractivity contribution in [2.45, 2.75) is 37.2 Å². The Morgan fingerprint density at radius 1 is 1.38 bits per heavy atom. The summed E-state index contributed by atoms with van der Waals surface area (Å²) in [6.07, 6.45) is -0.588. The highest BCUT2D eigenvalue weighted by molar-refractivity contribution is 9.10. The van der Waals surface area contributed by atoms with Crippen molar-refractivity contribution < 1.29 is 19.1 Å². The minimum atomic E-state index is -0.630.